The summed E-state index contributed by atoms with van der Waals surface area (Å²) in [7, 11) is 2.07. The van der Waals surface area contributed by atoms with Gasteiger partial charge in [0.15, 0.2) is 0 Å². The summed E-state index contributed by atoms with van der Waals surface area (Å²) in [6, 6.07) is -0.636. The number of urea groups is 1. The molecule has 6 nitrogen and oxygen atoms in total. The Morgan fingerprint density at radius 3 is 2.75 bits per heavy atom. The number of carboxylic acid groups (broad SMARTS) is 1. The fourth-order valence-corrected chi connectivity index (χ4v) is 2.77. The first kappa shape index (κ1) is 17.1. The van der Waals surface area contributed by atoms with Gasteiger partial charge in [0, 0.05) is 18.6 Å². The number of carbonyl (C=O) groups excluding carboxylic acids is 1. The predicted octanol–water partition coefficient (Wildman–Crippen LogP) is 0.975. The van der Waals surface area contributed by atoms with E-state index in [1.807, 2.05) is 6.26 Å². The van der Waals surface area contributed by atoms with E-state index < -0.39 is 12.0 Å². The molecule has 0 aromatic carbocycles. The van der Waals surface area contributed by atoms with Crippen LogP contribution in [-0.2, 0) is 4.79 Å². The number of rotatable bonds is 6. The van der Waals surface area contributed by atoms with Crippen LogP contribution in [-0.4, -0.2) is 65.7 Å². The van der Waals surface area contributed by atoms with Crippen molar-refractivity contribution in [3.8, 4) is 0 Å². The number of thioether (sulfide) groups is 1. The van der Waals surface area contributed by atoms with Crippen LogP contribution in [0.3, 0.4) is 0 Å². The summed E-state index contributed by atoms with van der Waals surface area (Å²) in [5, 5.41) is 14.5. The maximum absolute atomic E-state index is 11.9. The van der Waals surface area contributed by atoms with Crippen LogP contribution in [0.1, 0.15) is 26.2 Å². The summed E-state index contributed by atoms with van der Waals surface area (Å²) in [6.45, 7) is 3.07. The summed E-state index contributed by atoms with van der Waals surface area (Å²) in [6.07, 6.45) is 4.15. The third-order valence-electron chi connectivity index (χ3n) is 3.76. The average Bonchev–Trinajstić information content (AvgIpc) is 2.38. The number of aliphatic carboxylic acids is 1. The van der Waals surface area contributed by atoms with Crippen molar-refractivity contribution in [2.75, 3.05) is 25.6 Å². The predicted molar refractivity (Wildman–Crippen MR) is 81.2 cm³/mol. The van der Waals surface area contributed by atoms with E-state index in [0.29, 0.717) is 18.2 Å². The lowest BCUT2D eigenvalue weighted by molar-refractivity contribution is -0.139. The van der Waals surface area contributed by atoms with Gasteiger partial charge >= 0.3 is 12.0 Å². The lowest BCUT2D eigenvalue weighted by Gasteiger charge is -2.35. The van der Waals surface area contributed by atoms with E-state index in [9.17, 15) is 9.59 Å². The normalized spacial score (nSPS) is 24.9. The Balaban J connectivity index is 2.39. The molecule has 3 N–H and O–H groups in total. The lowest BCUT2D eigenvalue weighted by atomic mass is 9.99. The van der Waals surface area contributed by atoms with E-state index in [4.69, 9.17) is 5.11 Å². The fraction of sp³-hybridized carbons (Fsp3) is 0.846. The third kappa shape index (κ3) is 5.58. The zero-order valence-electron chi connectivity index (χ0n) is 12.4. The van der Waals surface area contributed by atoms with Crippen LogP contribution in [0, 0.1) is 0 Å². The summed E-state index contributed by atoms with van der Waals surface area (Å²) in [5.41, 5.74) is 0. The Labute approximate surface area is 124 Å². The van der Waals surface area contributed by atoms with Gasteiger partial charge in [0.2, 0.25) is 0 Å². The molecule has 2 unspecified atom stereocenters. The van der Waals surface area contributed by atoms with E-state index in [2.05, 4.69) is 29.5 Å². The zero-order chi connectivity index (χ0) is 15.1. The molecule has 3 atom stereocenters. The molecule has 0 radical (unpaired) electrons. The minimum atomic E-state index is -0.981. The number of likely N-dealkylation sites (tertiary alicyclic amines) is 1. The highest BCUT2D eigenvalue weighted by molar-refractivity contribution is 7.98. The van der Waals surface area contributed by atoms with Gasteiger partial charge in [-0.3, -0.25) is 0 Å². The van der Waals surface area contributed by atoms with Crippen molar-refractivity contribution in [2.24, 2.45) is 0 Å². The largest absolute Gasteiger partial charge is 0.480 e. The van der Waals surface area contributed by atoms with E-state index in [-0.39, 0.29) is 12.1 Å². The van der Waals surface area contributed by atoms with Crippen molar-refractivity contribution in [1.29, 1.82) is 0 Å². The fourth-order valence-electron chi connectivity index (χ4n) is 2.30. The maximum Gasteiger partial charge on any atom is 0.326 e. The summed E-state index contributed by atoms with van der Waals surface area (Å²) in [5.74, 6) is -0.270. The van der Waals surface area contributed by atoms with E-state index in [0.717, 1.165) is 19.4 Å². The summed E-state index contributed by atoms with van der Waals surface area (Å²) in [4.78, 5) is 25.2. The number of hydrogen-bond acceptors (Lipinski definition) is 4. The standard InChI is InChI=1S/C13H25N3O3S/c1-9-8-10(4-6-16(9)2)14-13(19)15-11(12(17)18)5-7-20-3/h9-11H,4-8H2,1-3H3,(H,17,18)(H2,14,15,19)/t9?,10?,11-/m0/s1. The monoisotopic (exact) mass is 303 g/mol. The first-order valence-electron chi connectivity index (χ1n) is 6.93. The number of piperidine rings is 1. The molecule has 1 heterocycles. The topological polar surface area (TPSA) is 81.7 Å². The average molecular weight is 303 g/mol. The van der Waals surface area contributed by atoms with Crippen LogP contribution < -0.4 is 10.6 Å². The molecule has 0 aromatic rings. The minimum Gasteiger partial charge on any atom is -0.480 e. The molecule has 0 aromatic heterocycles. The number of hydrogen-bond donors (Lipinski definition) is 3. The molecule has 1 fully saturated rings. The van der Waals surface area contributed by atoms with Gasteiger partial charge in [0.25, 0.3) is 0 Å². The van der Waals surface area contributed by atoms with Crippen LogP contribution in [0.25, 0.3) is 0 Å². The highest BCUT2D eigenvalue weighted by atomic mass is 32.2. The second kappa shape index (κ2) is 8.36. The Hall–Kier alpha value is -0.950. The third-order valence-corrected chi connectivity index (χ3v) is 4.40. The van der Waals surface area contributed by atoms with E-state index in [1.54, 1.807) is 11.8 Å². The van der Waals surface area contributed by atoms with Crippen molar-refractivity contribution in [3.05, 3.63) is 0 Å². The Morgan fingerprint density at radius 2 is 2.20 bits per heavy atom. The molecule has 1 rings (SSSR count). The van der Waals surface area contributed by atoms with Crippen LogP contribution in [0.5, 0.6) is 0 Å². The van der Waals surface area contributed by atoms with Crippen molar-refractivity contribution < 1.29 is 14.7 Å². The van der Waals surface area contributed by atoms with Gasteiger partial charge in [0.1, 0.15) is 6.04 Å². The molecular formula is C13H25N3O3S. The van der Waals surface area contributed by atoms with Gasteiger partial charge in [-0.15, -0.1) is 0 Å². The number of carbonyl (C=O) groups is 2. The summed E-state index contributed by atoms with van der Waals surface area (Å²) < 4.78 is 0. The summed E-state index contributed by atoms with van der Waals surface area (Å²) >= 11 is 1.57. The molecule has 0 saturated carbocycles. The molecule has 2 amide bonds. The van der Waals surface area contributed by atoms with Crippen LogP contribution in [0.2, 0.25) is 0 Å². The molecular weight excluding hydrogens is 278 g/mol. The maximum atomic E-state index is 11.9. The Morgan fingerprint density at radius 1 is 1.50 bits per heavy atom. The highest BCUT2D eigenvalue weighted by Gasteiger charge is 2.25. The Kier molecular flexibility index (Phi) is 7.15. The molecule has 116 valence electrons. The molecule has 1 saturated heterocycles. The van der Waals surface area contributed by atoms with Crippen molar-refractivity contribution in [1.82, 2.24) is 15.5 Å². The van der Waals surface area contributed by atoms with Crippen LogP contribution in [0.4, 0.5) is 4.79 Å². The van der Waals surface area contributed by atoms with Gasteiger partial charge in [0.05, 0.1) is 0 Å². The molecule has 1 aliphatic heterocycles. The quantitative estimate of drug-likeness (QED) is 0.681. The molecule has 1 aliphatic rings. The van der Waals surface area contributed by atoms with Crippen LogP contribution >= 0.6 is 11.8 Å². The van der Waals surface area contributed by atoms with Crippen LogP contribution in [0.15, 0.2) is 0 Å². The number of carboxylic acids is 1. The Bertz CT molecular complexity index is 341. The number of nitrogens with zero attached hydrogens (tertiary/aromatic N) is 1. The minimum absolute atomic E-state index is 0.121. The lowest BCUT2D eigenvalue weighted by Crippen LogP contribution is -2.53. The second-order valence-corrected chi connectivity index (χ2v) is 6.33. The van der Waals surface area contributed by atoms with E-state index >= 15 is 0 Å². The SMILES string of the molecule is CSCC[C@H](NC(=O)NC1CCN(C)C(C)C1)C(=O)O. The van der Waals surface area contributed by atoms with Gasteiger partial charge < -0.3 is 20.6 Å². The molecule has 0 aliphatic carbocycles. The van der Waals surface area contributed by atoms with Crippen molar-refractivity contribution in [2.45, 2.75) is 44.3 Å². The molecule has 7 heteroatoms. The van der Waals surface area contributed by atoms with E-state index in [1.165, 1.54) is 0 Å². The van der Waals surface area contributed by atoms with Gasteiger partial charge in [-0.2, -0.15) is 11.8 Å². The van der Waals surface area contributed by atoms with Gasteiger partial charge in [-0.25, -0.2) is 9.59 Å². The van der Waals surface area contributed by atoms with Crippen molar-refractivity contribution >= 4 is 23.8 Å². The number of nitrogens with one attached hydrogen (secondary N) is 2. The molecule has 20 heavy (non-hydrogen) atoms. The smallest absolute Gasteiger partial charge is 0.326 e. The first-order chi connectivity index (χ1) is 9.43. The highest BCUT2D eigenvalue weighted by Crippen LogP contribution is 2.15. The molecule has 0 bridgehead atoms. The second-order valence-electron chi connectivity index (χ2n) is 5.34. The zero-order valence-corrected chi connectivity index (χ0v) is 13.2. The van der Waals surface area contributed by atoms with Crippen molar-refractivity contribution in [3.63, 3.8) is 0 Å². The molecule has 0 spiro atoms. The van der Waals surface area contributed by atoms with Gasteiger partial charge in [-0.05, 0) is 45.2 Å². The number of amides is 2. The first-order valence-corrected chi connectivity index (χ1v) is 8.32. The van der Waals surface area contributed by atoms with Gasteiger partial charge in [-0.1, -0.05) is 0 Å².